The summed E-state index contributed by atoms with van der Waals surface area (Å²) in [7, 11) is 0. The van der Waals surface area contributed by atoms with E-state index in [1.54, 1.807) is 0 Å². The zero-order valence-electron chi connectivity index (χ0n) is 23.7. The fraction of sp³-hybridized carbons (Fsp3) is 0.600. The number of piperazine rings is 1. The van der Waals surface area contributed by atoms with Crippen LogP contribution in [0.2, 0.25) is 0 Å². The highest BCUT2D eigenvalue weighted by atomic mass is 16.5. The number of ether oxygens (including phenoxy) is 1. The first-order valence-electron chi connectivity index (χ1n) is 14.7. The maximum absolute atomic E-state index is 12.7. The minimum atomic E-state index is -1.26. The Balaban J connectivity index is 0.000000446. The summed E-state index contributed by atoms with van der Waals surface area (Å²) in [6, 6.07) is 8.35. The van der Waals surface area contributed by atoms with E-state index < -0.39 is 36.0 Å². The van der Waals surface area contributed by atoms with Gasteiger partial charge in [0.1, 0.15) is 5.75 Å². The van der Waals surface area contributed by atoms with Crippen molar-refractivity contribution >= 4 is 29.4 Å². The van der Waals surface area contributed by atoms with Crippen molar-refractivity contribution < 1.29 is 44.3 Å². The van der Waals surface area contributed by atoms with Gasteiger partial charge in [0.2, 0.25) is 11.8 Å². The van der Waals surface area contributed by atoms with E-state index in [-0.39, 0.29) is 24.7 Å². The van der Waals surface area contributed by atoms with E-state index in [0.29, 0.717) is 24.8 Å². The number of aliphatic carboxylic acids is 2. The van der Waals surface area contributed by atoms with E-state index in [2.05, 4.69) is 28.0 Å². The van der Waals surface area contributed by atoms with E-state index in [9.17, 15) is 29.4 Å². The first-order chi connectivity index (χ1) is 20.1. The molecule has 4 aliphatic rings. The molecule has 2 heterocycles. The van der Waals surface area contributed by atoms with Crippen molar-refractivity contribution in [1.29, 1.82) is 0 Å². The predicted octanol–water partition coefficient (Wildman–Crippen LogP) is 1.35. The summed E-state index contributed by atoms with van der Waals surface area (Å²) in [5.74, 6) is -2.82. The largest absolute Gasteiger partial charge is 0.488 e. The molecule has 12 heteroatoms. The fourth-order valence-corrected chi connectivity index (χ4v) is 6.25. The number of aliphatic hydroxyl groups is 2. The third-order valence-electron chi connectivity index (χ3n) is 8.49. The van der Waals surface area contributed by atoms with Crippen molar-refractivity contribution in [2.24, 2.45) is 11.8 Å². The molecule has 2 saturated carbocycles. The number of rotatable bonds is 9. The Labute approximate surface area is 245 Å². The van der Waals surface area contributed by atoms with Crippen LogP contribution in [0.25, 0.3) is 0 Å². The number of hydrogen-bond acceptors (Lipinski definition) is 9. The number of likely N-dealkylation sites (tertiary alicyclic amines) is 1. The maximum Gasteiger partial charge on any atom is 0.328 e. The minimum absolute atomic E-state index is 0.176. The second kappa shape index (κ2) is 14.6. The highest BCUT2D eigenvalue weighted by Crippen LogP contribution is 2.38. The van der Waals surface area contributed by atoms with Gasteiger partial charge in [-0.25, -0.2) is 9.59 Å². The van der Waals surface area contributed by atoms with E-state index in [1.165, 1.54) is 23.4 Å². The SMILES string of the molecule is O=C(O)C=CC(=O)O.O=C1C2CC(O)C(O)CC2C(=O)N1CCCN1CCN(c2ccccc2OC2CCCC2)CC1. The molecule has 0 radical (unpaired) electrons. The topological polar surface area (TPSA) is 168 Å². The van der Waals surface area contributed by atoms with Crippen LogP contribution in [-0.4, -0.2) is 112 Å². The van der Waals surface area contributed by atoms with Crippen LogP contribution in [0.5, 0.6) is 5.75 Å². The molecule has 2 saturated heterocycles. The van der Waals surface area contributed by atoms with Gasteiger partial charge in [-0.15, -0.1) is 0 Å². The summed E-state index contributed by atoms with van der Waals surface area (Å²) in [5, 5.41) is 35.4. The van der Waals surface area contributed by atoms with Gasteiger partial charge in [-0.3, -0.25) is 19.4 Å². The number of fused-ring (bicyclic) bond motifs is 1. The van der Waals surface area contributed by atoms with Gasteiger partial charge in [0, 0.05) is 44.9 Å². The molecular formula is C30H41N3O9. The van der Waals surface area contributed by atoms with Crippen LogP contribution in [0.15, 0.2) is 36.4 Å². The molecule has 0 aromatic heterocycles. The van der Waals surface area contributed by atoms with Crippen molar-refractivity contribution in [3.8, 4) is 5.75 Å². The van der Waals surface area contributed by atoms with Crippen molar-refractivity contribution in [2.45, 2.75) is 63.3 Å². The Kier molecular flexibility index (Phi) is 10.9. The number of carboxylic acid groups (broad SMARTS) is 2. The molecule has 2 amide bonds. The van der Waals surface area contributed by atoms with Gasteiger partial charge in [-0.05, 0) is 63.6 Å². The van der Waals surface area contributed by atoms with Crippen LogP contribution in [0.3, 0.4) is 0 Å². The Hall–Kier alpha value is -3.48. The van der Waals surface area contributed by atoms with Gasteiger partial charge in [0.05, 0.1) is 35.8 Å². The van der Waals surface area contributed by atoms with E-state index in [1.807, 2.05) is 6.07 Å². The summed E-state index contributed by atoms with van der Waals surface area (Å²) in [6.45, 7) is 4.96. The van der Waals surface area contributed by atoms with Crippen molar-refractivity contribution in [2.75, 3.05) is 44.2 Å². The summed E-state index contributed by atoms with van der Waals surface area (Å²) in [6.07, 6.45) is 5.53. The van der Waals surface area contributed by atoms with E-state index >= 15 is 0 Å². The van der Waals surface area contributed by atoms with E-state index in [4.69, 9.17) is 14.9 Å². The van der Waals surface area contributed by atoms with Crippen LogP contribution in [0.4, 0.5) is 5.69 Å². The number of para-hydroxylation sites is 2. The zero-order chi connectivity index (χ0) is 30.2. The average molecular weight is 588 g/mol. The molecule has 2 aliphatic heterocycles. The molecule has 0 bridgehead atoms. The Bertz CT molecular complexity index is 1100. The predicted molar refractivity (Wildman–Crippen MR) is 152 cm³/mol. The molecule has 42 heavy (non-hydrogen) atoms. The van der Waals surface area contributed by atoms with Gasteiger partial charge in [-0.2, -0.15) is 0 Å². The van der Waals surface area contributed by atoms with Gasteiger partial charge < -0.3 is 30.1 Å². The van der Waals surface area contributed by atoms with Crippen LogP contribution in [0.1, 0.15) is 44.9 Å². The van der Waals surface area contributed by atoms with Crippen molar-refractivity contribution in [1.82, 2.24) is 9.80 Å². The van der Waals surface area contributed by atoms with Gasteiger partial charge >= 0.3 is 11.9 Å². The number of anilines is 1. The molecular weight excluding hydrogens is 546 g/mol. The van der Waals surface area contributed by atoms with Crippen LogP contribution >= 0.6 is 0 Å². The normalized spacial score (nSPS) is 26.7. The lowest BCUT2D eigenvalue weighted by Gasteiger charge is -2.37. The summed E-state index contributed by atoms with van der Waals surface area (Å²) in [5.41, 5.74) is 1.18. The van der Waals surface area contributed by atoms with Crippen LogP contribution in [0, 0.1) is 11.8 Å². The number of imide groups is 1. The number of aliphatic hydroxyl groups excluding tert-OH is 2. The highest BCUT2D eigenvalue weighted by Gasteiger charge is 2.51. The summed E-state index contributed by atoms with van der Waals surface area (Å²) >= 11 is 0. The molecule has 4 N–H and O–H groups in total. The first kappa shape index (κ1) is 31.5. The molecule has 4 fully saturated rings. The highest BCUT2D eigenvalue weighted by molar-refractivity contribution is 6.05. The van der Waals surface area contributed by atoms with E-state index in [0.717, 1.165) is 57.7 Å². The molecule has 1 aromatic carbocycles. The fourth-order valence-electron chi connectivity index (χ4n) is 6.25. The van der Waals surface area contributed by atoms with Gasteiger partial charge in [0.25, 0.3) is 0 Å². The molecule has 5 rings (SSSR count). The number of benzene rings is 1. The first-order valence-corrected chi connectivity index (χ1v) is 14.7. The molecule has 4 atom stereocenters. The third kappa shape index (κ3) is 8.08. The third-order valence-corrected chi connectivity index (χ3v) is 8.49. The lowest BCUT2D eigenvalue weighted by atomic mass is 9.78. The van der Waals surface area contributed by atoms with Crippen molar-refractivity contribution in [3.63, 3.8) is 0 Å². The summed E-state index contributed by atoms with van der Waals surface area (Å²) < 4.78 is 6.33. The Morgan fingerprint density at radius 1 is 0.833 bits per heavy atom. The molecule has 4 unspecified atom stereocenters. The number of hydrogen-bond donors (Lipinski definition) is 4. The minimum Gasteiger partial charge on any atom is -0.488 e. The van der Waals surface area contributed by atoms with Crippen LogP contribution < -0.4 is 9.64 Å². The lowest BCUT2D eigenvalue weighted by molar-refractivity contribution is -0.140. The number of carbonyl (C=O) groups is 4. The molecule has 2 aliphatic carbocycles. The molecule has 12 nitrogen and oxygen atoms in total. The van der Waals surface area contributed by atoms with Gasteiger partial charge in [0.15, 0.2) is 0 Å². The van der Waals surface area contributed by atoms with Gasteiger partial charge in [-0.1, -0.05) is 12.1 Å². The number of carboxylic acids is 2. The molecule has 0 spiro atoms. The molecule has 1 aromatic rings. The molecule has 230 valence electrons. The smallest absolute Gasteiger partial charge is 0.328 e. The number of amides is 2. The number of carbonyl (C=O) groups excluding carboxylic acids is 2. The second-order valence-corrected chi connectivity index (χ2v) is 11.3. The average Bonchev–Trinajstić information content (AvgIpc) is 3.56. The standard InChI is InChI=1S/C26H37N3O5.C4H4O4/c30-22-16-19-20(17-23(22)31)26(33)29(25(19)32)11-5-10-27-12-14-28(15-13-27)21-8-3-4-9-24(21)34-18-6-1-2-7-18;5-3(6)1-2-4(7)8/h3-4,8-9,18-20,22-23,30-31H,1-2,5-7,10-17H2;1-2H,(H,5,6)(H,7,8). The number of nitrogens with zero attached hydrogens (tertiary/aromatic N) is 3. The van der Waals surface area contributed by atoms with Crippen LogP contribution in [-0.2, 0) is 19.2 Å². The quantitative estimate of drug-likeness (QED) is 0.243. The lowest BCUT2D eigenvalue weighted by Crippen LogP contribution is -2.47. The monoisotopic (exact) mass is 587 g/mol. The second-order valence-electron chi connectivity index (χ2n) is 11.3. The zero-order valence-corrected chi connectivity index (χ0v) is 23.7. The Morgan fingerprint density at radius 2 is 1.38 bits per heavy atom. The maximum atomic E-state index is 12.7. The Morgan fingerprint density at radius 3 is 1.93 bits per heavy atom. The van der Waals surface area contributed by atoms with Crippen molar-refractivity contribution in [3.05, 3.63) is 36.4 Å². The summed E-state index contributed by atoms with van der Waals surface area (Å²) in [4.78, 5) is 50.7.